The summed E-state index contributed by atoms with van der Waals surface area (Å²) in [6, 6.07) is 0.146. The maximum atomic E-state index is 5.66. The summed E-state index contributed by atoms with van der Waals surface area (Å²) in [4.78, 5) is 0.235. The van der Waals surface area contributed by atoms with Gasteiger partial charge in [0.15, 0.2) is 0 Å². The van der Waals surface area contributed by atoms with Crippen LogP contribution in [-0.2, 0) is 9.47 Å². The van der Waals surface area contributed by atoms with Crippen molar-refractivity contribution in [2.75, 3.05) is 20.8 Å². The fourth-order valence-corrected chi connectivity index (χ4v) is 1.85. The summed E-state index contributed by atoms with van der Waals surface area (Å²) in [5.74, 6) is 0. The van der Waals surface area contributed by atoms with Crippen molar-refractivity contribution in [3.8, 4) is 0 Å². The molecule has 2 unspecified atom stereocenters. The molecule has 2 atom stereocenters. The van der Waals surface area contributed by atoms with E-state index in [0.29, 0.717) is 12.3 Å². The zero-order valence-electron chi connectivity index (χ0n) is 11.2. The number of aromatic nitrogens is 3. The Hall–Kier alpha value is -1.05. The number of nitrogens with zero attached hydrogens (tertiary/aromatic N) is 3. The smallest absolute Gasteiger partial charge is 0.145 e. The normalized spacial score (nSPS) is 14.4. The molecule has 6 nitrogen and oxygen atoms in total. The molecule has 0 amide bonds. The van der Waals surface area contributed by atoms with Gasteiger partial charge in [0.05, 0.1) is 17.8 Å². The van der Waals surface area contributed by atoms with E-state index in [9.17, 15) is 0 Å². The first kappa shape index (κ1) is 15.0. The van der Waals surface area contributed by atoms with Crippen molar-refractivity contribution in [1.29, 1.82) is 0 Å². The topological polar surface area (TPSA) is 75.2 Å². The minimum Gasteiger partial charge on any atom is -0.388 e. The minimum atomic E-state index is -0.165. The van der Waals surface area contributed by atoms with Gasteiger partial charge < -0.3 is 15.2 Å². The molecule has 1 aromatic heterocycles. The van der Waals surface area contributed by atoms with E-state index in [1.807, 2.05) is 18.5 Å². The van der Waals surface area contributed by atoms with Crippen molar-refractivity contribution in [3.05, 3.63) is 11.4 Å². The van der Waals surface area contributed by atoms with Crippen molar-refractivity contribution in [2.24, 2.45) is 5.73 Å². The Balaban J connectivity index is 3.07. The van der Waals surface area contributed by atoms with Crippen LogP contribution in [0.2, 0.25) is 0 Å². The second-order valence-electron chi connectivity index (χ2n) is 4.14. The Morgan fingerprint density at radius 2 is 2.11 bits per heavy atom. The first-order chi connectivity index (χ1) is 8.52. The predicted octanol–water partition coefficient (Wildman–Crippen LogP) is 1.22. The largest absolute Gasteiger partial charge is 0.388 e. The summed E-state index contributed by atoms with van der Waals surface area (Å²) in [5.41, 5.74) is 7.00. The lowest BCUT2D eigenvalue weighted by Gasteiger charge is -2.18. The molecule has 18 heavy (non-hydrogen) atoms. The minimum absolute atomic E-state index is 0.146. The van der Waals surface area contributed by atoms with Crippen LogP contribution in [0.1, 0.15) is 43.8 Å². The highest BCUT2D eigenvalue weighted by Gasteiger charge is 2.23. The predicted molar refractivity (Wildman–Crippen MR) is 72.5 cm³/mol. The lowest BCUT2D eigenvalue weighted by atomic mass is 10.2. The monoisotopic (exact) mass is 272 g/mol. The molecular weight excluding hydrogens is 252 g/mol. The summed E-state index contributed by atoms with van der Waals surface area (Å²) in [5, 5.41) is 8.16. The van der Waals surface area contributed by atoms with Crippen LogP contribution in [0.4, 0.5) is 0 Å². The van der Waals surface area contributed by atoms with Crippen LogP contribution in [0.3, 0.4) is 0 Å². The molecule has 1 heterocycles. The van der Waals surface area contributed by atoms with E-state index < -0.39 is 0 Å². The van der Waals surface area contributed by atoms with Gasteiger partial charge in [0.25, 0.3) is 0 Å². The van der Waals surface area contributed by atoms with E-state index in [4.69, 9.17) is 27.4 Å². The van der Waals surface area contributed by atoms with E-state index >= 15 is 0 Å². The molecule has 0 radical (unpaired) electrons. The molecular formula is C11H20N4O2S. The Kier molecular flexibility index (Phi) is 5.64. The third-order valence-electron chi connectivity index (χ3n) is 2.86. The summed E-state index contributed by atoms with van der Waals surface area (Å²) < 4.78 is 12.2. The molecule has 0 saturated carbocycles. The third-order valence-corrected chi connectivity index (χ3v) is 3.05. The quantitative estimate of drug-likeness (QED) is 0.752. The van der Waals surface area contributed by atoms with E-state index in [0.717, 1.165) is 12.1 Å². The number of rotatable bonds is 7. The lowest BCUT2D eigenvalue weighted by Crippen LogP contribution is -2.19. The number of ether oxygens (including phenoxy) is 2. The van der Waals surface area contributed by atoms with Gasteiger partial charge in [-0.3, -0.25) is 0 Å². The zero-order valence-corrected chi connectivity index (χ0v) is 12.0. The number of nitrogens with two attached hydrogens (primary N) is 1. The SMILES string of the molecule is COCCC(C)n1nnc(C(N)=S)c1C(C)OC. The van der Waals surface area contributed by atoms with E-state index in [-0.39, 0.29) is 17.1 Å². The molecule has 2 N–H and O–H groups in total. The first-order valence-corrected chi connectivity index (χ1v) is 6.20. The number of hydrogen-bond acceptors (Lipinski definition) is 5. The molecule has 0 aromatic carbocycles. The highest BCUT2D eigenvalue weighted by atomic mass is 32.1. The molecule has 0 aliphatic carbocycles. The average molecular weight is 272 g/mol. The van der Waals surface area contributed by atoms with E-state index in [2.05, 4.69) is 10.3 Å². The van der Waals surface area contributed by atoms with Gasteiger partial charge in [-0.05, 0) is 20.3 Å². The summed E-state index contributed by atoms with van der Waals surface area (Å²) >= 11 is 4.99. The van der Waals surface area contributed by atoms with Crippen LogP contribution in [0.5, 0.6) is 0 Å². The van der Waals surface area contributed by atoms with Gasteiger partial charge in [0, 0.05) is 20.8 Å². The molecule has 0 spiro atoms. The Morgan fingerprint density at radius 1 is 1.44 bits per heavy atom. The standard InChI is InChI=1S/C11H20N4O2S/c1-7(5-6-16-3)15-10(8(2)17-4)9(11(12)18)13-14-15/h7-8H,5-6H2,1-4H3,(H2,12,18). The van der Waals surface area contributed by atoms with E-state index in [1.54, 1.807) is 14.2 Å². The van der Waals surface area contributed by atoms with Crippen LogP contribution >= 0.6 is 12.2 Å². The molecule has 0 aliphatic rings. The van der Waals surface area contributed by atoms with Crippen molar-refractivity contribution in [2.45, 2.75) is 32.4 Å². The number of hydrogen-bond donors (Lipinski definition) is 1. The van der Waals surface area contributed by atoms with Gasteiger partial charge in [0.2, 0.25) is 0 Å². The van der Waals surface area contributed by atoms with Gasteiger partial charge in [0.1, 0.15) is 10.7 Å². The Labute approximate surface area is 112 Å². The van der Waals surface area contributed by atoms with Gasteiger partial charge in [-0.2, -0.15) is 0 Å². The molecule has 1 aromatic rings. The van der Waals surface area contributed by atoms with Crippen LogP contribution in [0, 0.1) is 0 Å². The molecule has 7 heteroatoms. The number of thiocarbonyl (C=S) groups is 1. The molecule has 0 bridgehead atoms. The Morgan fingerprint density at radius 3 is 2.61 bits per heavy atom. The summed E-state index contributed by atoms with van der Waals surface area (Å²) in [6.07, 6.45) is 0.668. The van der Waals surface area contributed by atoms with Crippen LogP contribution in [-0.4, -0.2) is 40.8 Å². The van der Waals surface area contributed by atoms with Crippen molar-refractivity contribution in [3.63, 3.8) is 0 Å². The lowest BCUT2D eigenvalue weighted by molar-refractivity contribution is 0.107. The van der Waals surface area contributed by atoms with Crippen LogP contribution in [0.15, 0.2) is 0 Å². The van der Waals surface area contributed by atoms with Crippen LogP contribution in [0.25, 0.3) is 0 Å². The van der Waals surface area contributed by atoms with Crippen molar-refractivity contribution in [1.82, 2.24) is 15.0 Å². The highest BCUT2D eigenvalue weighted by Crippen LogP contribution is 2.23. The van der Waals surface area contributed by atoms with Gasteiger partial charge in [-0.1, -0.05) is 17.4 Å². The second-order valence-corrected chi connectivity index (χ2v) is 4.58. The molecule has 0 fully saturated rings. The summed E-state index contributed by atoms with van der Waals surface area (Å²) in [6.45, 7) is 4.62. The summed E-state index contributed by atoms with van der Waals surface area (Å²) in [7, 11) is 3.30. The third kappa shape index (κ3) is 3.24. The Bertz CT molecular complexity index is 408. The maximum absolute atomic E-state index is 5.66. The molecule has 0 aliphatic heterocycles. The second kappa shape index (κ2) is 6.77. The fraction of sp³-hybridized carbons (Fsp3) is 0.727. The maximum Gasteiger partial charge on any atom is 0.145 e. The van der Waals surface area contributed by atoms with Gasteiger partial charge in [-0.25, -0.2) is 4.68 Å². The first-order valence-electron chi connectivity index (χ1n) is 5.79. The molecule has 102 valence electrons. The van der Waals surface area contributed by atoms with Crippen molar-refractivity contribution < 1.29 is 9.47 Å². The average Bonchev–Trinajstić information content (AvgIpc) is 2.79. The molecule has 0 saturated heterocycles. The van der Waals surface area contributed by atoms with Gasteiger partial charge >= 0.3 is 0 Å². The zero-order chi connectivity index (χ0) is 13.7. The fourth-order valence-electron chi connectivity index (χ4n) is 1.70. The molecule has 1 rings (SSSR count). The van der Waals surface area contributed by atoms with Crippen molar-refractivity contribution >= 4 is 17.2 Å². The van der Waals surface area contributed by atoms with Crippen LogP contribution < -0.4 is 5.73 Å². The van der Waals surface area contributed by atoms with Gasteiger partial charge in [-0.15, -0.1) is 5.10 Å². The van der Waals surface area contributed by atoms with E-state index in [1.165, 1.54) is 0 Å². The number of methoxy groups -OCH3 is 2. The highest BCUT2D eigenvalue weighted by molar-refractivity contribution is 7.80.